The summed E-state index contributed by atoms with van der Waals surface area (Å²) in [6.07, 6.45) is 4.90. The van der Waals surface area contributed by atoms with Crippen LogP contribution in [0.25, 0.3) is 0 Å². The van der Waals surface area contributed by atoms with E-state index in [4.69, 9.17) is 4.74 Å². The number of methoxy groups -OCH3 is 1. The minimum absolute atomic E-state index is 0.624. The molecule has 4 nitrogen and oxygen atoms in total. The lowest BCUT2D eigenvalue weighted by molar-refractivity contribution is 0.185. The van der Waals surface area contributed by atoms with Gasteiger partial charge in [-0.3, -0.25) is 0 Å². The molecule has 96 valence electrons. The summed E-state index contributed by atoms with van der Waals surface area (Å²) in [6.45, 7) is 3.75. The molecule has 18 heavy (non-hydrogen) atoms. The van der Waals surface area contributed by atoms with Gasteiger partial charge in [-0.2, -0.15) is 0 Å². The first-order valence-corrected chi connectivity index (χ1v) is 6.19. The lowest BCUT2D eigenvalue weighted by Gasteiger charge is -2.10. The van der Waals surface area contributed by atoms with Crippen LogP contribution in [0.5, 0.6) is 0 Å². The Bertz CT molecular complexity index is 493. The average molecular weight is 245 g/mol. The van der Waals surface area contributed by atoms with Crippen LogP contribution in [0.4, 0.5) is 11.6 Å². The van der Waals surface area contributed by atoms with E-state index in [0.717, 1.165) is 30.2 Å². The lowest BCUT2D eigenvalue weighted by Crippen LogP contribution is -2.03. The van der Waals surface area contributed by atoms with Gasteiger partial charge in [0.05, 0.1) is 6.61 Å². The molecule has 1 N–H and O–H groups in total. The number of ether oxygens (including phenoxy) is 1. The Morgan fingerprint density at radius 2 is 2.28 bits per heavy atom. The first-order chi connectivity index (χ1) is 8.83. The van der Waals surface area contributed by atoms with Crippen LogP contribution in [0.3, 0.4) is 0 Å². The molecule has 0 aliphatic rings. The molecule has 0 fully saturated rings. The maximum atomic E-state index is 5.13. The van der Waals surface area contributed by atoms with Crippen molar-refractivity contribution in [3.8, 4) is 0 Å². The number of aryl methyl sites for hydroxylation is 1. The Labute approximate surface area is 108 Å². The van der Waals surface area contributed by atoms with Gasteiger partial charge in [0.25, 0.3) is 0 Å². The van der Waals surface area contributed by atoms with Crippen molar-refractivity contribution in [2.75, 3.05) is 12.4 Å². The molecule has 0 spiro atoms. The molecule has 1 heterocycles. The fourth-order valence-corrected chi connectivity index (χ4v) is 1.89. The minimum atomic E-state index is 0.624. The minimum Gasteiger partial charge on any atom is -0.380 e. The van der Waals surface area contributed by atoms with Gasteiger partial charge >= 0.3 is 0 Å². The number of nitrogens with zero attached hydrogens (tertiary/aromatic N) is 2. The van der Waals surface area contributed by atoms with Gasteiger partial charge in [0.15, 0.2) is 0 Å². The molecule has 0 radical (unpaired) electrons. The van der Waals surface area contributed by atoms with Crippen LogP contribution in [0, 0.1) is 0 Å². The SMILES string of the molecule is CCCn1ccnc1Nc1cccc(COC)c1. The molecule has 2 rings (SSSR count). The topological polar surface area (TPSA) is 39.1 Å². The lowest BCUT2D eigenvalue weighted by atomic mass is 10.2. The zero-order valence-electron chi connectivity index (χ0n) is 10.9. The molecule has 4 heteroatoms. The van der Waals surface area contributed by atoms with Crippen molar-refractivity contribution < 1.29 is 4.74 Å². The molecule has 0 saturated heterocycles. The van der Waals surface area contributed by atoms with Gasteiger partial charge in [-0.15, -0.1) is 0 Å². The second kappa shape index (κ2) is 6.21. The number of hydrogen-bond acceptors (Lipinski definition) is 3. The molecular weight excluding hydrogens is 226 g/mol. The van der Waals surface area contributed by atoms with Crippen LogP contribution in [0.1, 0.15) is 18.9 Å². The van der Waals surface area contributed by atoms with Gasteiger partial charge in [0.2, 0.25) is 5.95 Å². The van der Waals surface area contributed by atoms with Gasteiger partial charge < -0.3 is 14.6 Å². The highest BCUT2D eigenvalue weighted by Crippen LogP contribution is 2.17. The van der Waals surface area contributed by atoms with E-state index in [2.05, 4.69) is 27.9 Å². The van der Waals surface area contributed by atoms with Gasteiger partial charge in [-0.25, -0.2) is 4.98 Å². The van der Waals surface area contributed by atoms with Crippen molar-refractivity contribution in [3.05, 3.63) is 42.2 Å². The van der Waals surface area contributed by atoms with E-state index in [1.54, 1.807) is 7.11 Å². The van der Waals surface area contributed by atoms with E-state index in [1.807, 2.05) is 30.6 Å². The van der Waals surface area contributed by atoms with Crippen molar-refractivity contribution in [2.24, 2.45) is 0 Å². The first-order valence-electron chi connectivity index (χ1n) is 6.19. The molecule has 0 atom stereocenters. The summed E-state index contributed by atoms with van der Waals surface area (Å²) in [7, 11) is 1.70. The molecule has 0 saturated carbocycles. The maximum Gasteiger partial charge on any atom is 0.207 e. The summed E-state index contributed by atoms with van der Waals surface area (Å²) in [4.78, 5) is 4.33. The smallest absolute Gasteiger partial charge is 0.207 e. The van der Waals surface area contributed by atoms with Crippen LogP contribution >= 0.6 is 0 Å². The summed E-state index contributed by atoms with van der Waals surface area (Å²) in [5.41, 5.74) is 2.18. The Balaban J connectivity index is 2.12. The van der Waals surface area contributed by atoms with Gasteiger partial charge in [-0.05, 0) is 24.1 Å². The first kappa shape index (κ1) is 12.6. The fraction of sp³-hybridized carbons (Fsp3) is 0.357. The molecule has 1 aromatic carbocycles. The van der Waals surface area contributed by atoms with Crippen molar-refractivity contribution in [1.82, 2.24) is 9.55 Å². The molecule has 0 aliphatic carbocycles. The number of nitrogens with one attached hydrogen (secondary N) is 1. The summed E-state index contributed by atoms with van der Waals surface area (Å²) in [6, 6.07) is 8.18. The van der Waals surface area contributed by atoms with Crippen LogP contribution in [0.15, 0.2) is 36.7 Å². The Hall–Kier alpha value is -1.81. The van der Waals surface area contributed by atoms with Gasteiger partial charge in [0, 0.05) is 31.7 Å². The summed E-state index contributed by atoms with van der Waals surface area (Å²) in [5, 5.41) is 3.33. The van der Waals surface area contributed by atoms with Crippen LogP contribution in [-0.2, 0) is 17.9 Å². The van der Waals surface area contributed by atoms with E-state index < -0.39 is 0 Å². The summed E-state index contributed by atoms with van der Waals surface area (Å²) in [5.74, 6) is 0.881. The van der Waals surface area contributed by atoms with Crippen molar-refractivity contribution in [3.63, 3.8) is 0 Å². The third-order valence-electron chi connectivity index (χ3n) is 2.67. The summed E-state index contributed by atoms with van der Waals surface area (Å²) >= 11 is 0. The predicted octanol–water partition coefficient (Wildman–Crippen LogP) is 3.18. The number of rotatable bonds is 6. The van der Waals surface area contributed by atoms with Crippen LogP contribution in [-0.4, -0.2) is 16.7 Å². The van der Waals surface area contributed by atoms with Crippen LogP contribution < -0.4 is 5.32 Å². The Kier molecular flexibility index (Phi) is 4.36. The molecule has 0 amide bonds. The standard InChI is InChI=1S/C14H19N3O/c1-3-8-17-9-7-15-14(17)16-13-6-4-5-12(10-13)11-18-2/h4-7,9-10H,3,8,11H2,1-2H3,(H,15,16). The van der Waals surface area contributed by atoms with Crippen LogP contribution in [0.2, 0.25) is 0 Å². The number of benzene rings is 1. The van der Waals surface area contributed by atoms with Crippen molar-refractivity contribution in [1.29, 1.82) is 0 Å². The number of hydrogen-bond donors (Lipinski definition) is 1. The van der Waals surface area contributed by atoms with Crippen molar-refractivity contribution in [2.45, 2.75) is 26.5 Å². The fourth-order valence-electron chi connectivity index (χ4n) is 1.89. The van der Waals surface area contributed by atoms with E-state index in [9.17, 15) is 0 Å². The average Bonchev–Trinajstić information content (AvgIpc) is 2.78. The quantitative estimate of drug-likeness (QED) is 0.849. The monoisotopic (exact) mass is 245 g/mol. The normalized spacial score (nSPS) is 10.6. The zero-order valence-corrected chi connectivity index (χ0v) is 10.9. The van der Waals surface area contributed by atoms with Gasteiger partial charge in [0.1, 0.15) is 0 Å². The largest absolute Gasteiger partial charge is 0.380 e. The second-order valence-corrected chi connectivity index (χ2v) is 4.20. The number of anilines is 2. The third-order valence-corrected chi connectivity index (χ3v) is 2.67. The number of imidazole rings is 1. The molecule has 0 bridgehead atoms. The molecular formula is C14H19N3O. The molecule has 0 aliphatic heterocycles. The highest BCUT2D eigenvalue weighted by Gasteiger charge is 2.02. The predicted molar refractivity (Wildman–Crippen MR) is 73.0 cm³/mol. The van der Waals surface area contributed by atoms with E-state index in [1.165, 1.54) is 0 Å². The zero-order chi connectivity index (χ0) is 12.8. The summed E-state index contributed by atoms with van der Waals surface area (Å²) < 4.78 is 7.25. The Morgan fingerprint density at radius 1 is 1.39 bits per heavy atom. The maximum absolute atomic E-state index is 5.13. The Morgan fingerprint density at radius 3 is 3.06 bits per heavy atom. The highest BCUT2D eigenvalue weighted by atomic mass is 16.5. The van der Waals surface area contributed by atoms with Crippen molar-refractivity contribution >= 4 is 11.6 Å². The molecule has 0 unspecified atom stereocenters. The van der Waals surface area contributed by atoms with E-state index in [0.29, 0.717) is 6.61 Å². The highest BCUT2D eigenvalue weighted by molar-refractivity contribution is 5.54. The van der Waals surface area contributed by atoms with E-state index >= 15 is 0 Å². The third kappa shape index (κ3) is 3.11. The van der Waals surface area contributed by atoms with Gasteiger partial charge in [-0.1, -0.05) is 19.1 Å². The number of aromatic nitrogens is 2. The second-order valence-electron chi connectivity index (χ2n) is 4.20. The molecule has 2 aromatic rings. The molecule has 1 aromatic heterocycles. The van der Waals surface area contributed by atoms with E-state index in [-0.39, 0.29) is 0 Å².